The molecule has 1 aliphatic heterocycles. The standard InChI is InChI=1S/C14H24N4O2S/c1-9(2)6-13-16-17-14(21-13)15-12(20)8-18-5-4-11(7-18)10(3)19/h9-11,19H,4-8H2,1-3H3,(H,15,17,20). The van der Waals surface area contributed by atoms with Crippen molar-refractivity contribution in [3.63, 3.8) is 0 Å². The predicted molar refractivity (Wildman–Crippen MR) is 83.3 cm³/mol. The van der Waals surface area contributed by atoms with Crippen LogP contribution in [0.1, 0.15) is 32.2 Å². The Kier molecular flexibility index (Phi) is 5.66. The third kappa shape index (κ3) is 5.01. The number of carbonyl (C=O) groups is 1. The molecule has 2 rings (SSSR count). The van der Waals surface area contributed by atoms with Crippen LogP contribution in [0.4, 0.5) is 5.13 Å². The Labute approximate surface area is 129 Å². The summed E-state index contributed by atoms with van der Waals surface area (Å²) in [4.78, 5) is 14.1. The highest BCUT2D eigenvalue weighted by Gasteiger charge is 2.27. The van der Waals surface area contributed by atoms with Crippen LogP contribution in [0, 0.1) is 11.8 Å². The van der Waals surface area contributed by atoms with Crippen molar-refractivity contribution in [2.45, 2.75) is 39.7 Å². The first-order valence-electron chi connectivity index (χ1n) is 7.46. The van der Waals surface area contributed by atoms with Gasteiger partial charge in [0.15, 0.2) is 0 Å². The maximum absolute atomic E-state index is 12.0. The molecule has 1 amide bonds. The molecule has 1 aromatic rings. The van der Waals surface area contributed by atoms with Crippen molar-refractivity contribution in [1.82, 2.24) is 15.1 Å². The Bertz CT molecular complexity index is 475. The lowest BCUT2D eigenvalue weighted by atomic mass is 10.0. The fourth-order valence-corrected chi connectivity index (χ4v) is 3.47. The summed E-state index contributed by atoms with van der Waals surface area (Å²) in [5, 5.41) is 22.0. The highest BCUT2D eigenvalue weighted by atomic mass is 32.1. The van der Waals surface area contributed by atoms with Crippen LogP contribution >= 0.6 is 11.3 Å². The molecular weight excluding hydrogens is 288 g/mol. The number of nitrogens with zero attached hydrogens (tertiary/aromatic N) is 3. The molecule has 7 heteroatoms. The molecule has 0 saturated carbocycles. The first-order chi connectivity index (χ1) is 9.94. The number of anilines is 1. The van der Waals surface area contributed by atoms with Crippen molar-refractivity contribution in [3.8, 4) is 0 Å². The van der Waals surface area contributed by atoms with Gasteiger partial charge in [0, 0.05) is 13.0 Å². The number of amides is 1. The maximum atomic E-state index is 12.0. The number of likely N-dealkylation sites (tertiary alicyclic amines) is 1. The van der Waals surface area contributed by atoms with E-state index < -0.39 is 0 Å². The van der Waals surface area contributed by atoms with Gasteiger partial charge in [0.05, 0.1) is 12.6 Å². The van der Waals surface area contributed by atoms with Crippen molar-refractivity contribution in [1.29, 1.82) is 0 Å². The summed E-state index contributed by atoms with van der Waals surface area (Å²) in [7, 11) is 0. The quantitative estimate of drug-likeness (QED) is 0.829. The number of hydrogen-bond donors (Lipinski definition) is 2. The third-order valence-electron chi connectivity index (χ3n) is 3.65. The van der Waals surface area contributed by atoms with Crippen LogP contribution in [-0.4, -0.2) is 51.8 Å². The first kappa shape index (κ1) is 16.3. The first-order valence-corrected chi connectivity index (χ1v) is 8.28. The lowest BCUT2D eigenvalue weighted by Gasteiger charge is -2.16. The molecule has 1 saturated heterocycles. The fourth-order valence-electron chi connectivity index (χ4n) is 2.50. The Morgan fingerprint density at radius 3 is 2.86 bits per heavy atom. The average Bonchev–Trinajstić information content (AvgIpc) is 2.98. The van der Waals surface area contributed by atoms with E-state index in [0.29, 0.717) is 17.6 Å². The zero-order valence-electron chi connectivity index (χ0n) is 12.9. The van der Waals surface area contributed by atoms with Crippen molar-refractivity contribution >= 4 is 22.4 Å². The molecule has 2 unspecified atom stereocenters. The van der Waals surface area contributed by atoms with E-state index >= 15 is 0 Å². The van der Waals surface area contributed by atoms with E-state index in [1.807, 2.05) is 6.92 Å². The fraction of sp³-hybridized carbons (Fsp3) is 0.786. The average molecular weight is 312 g/mol. The molecule has 2 atom stereocenters. The zero-order chi connectivity index (χ0) is 15.4. The molecule has 0 radical (unpaired) electrons. The minimum atomic E-state index is -0.306. The van der Waals surface area contributed by atoms with E-state index in [-0.39, 0.29) is 17.9 Å². The van der Waals surface area contributed by atoms with Gasteiger partial charge in [0.1, 0.15) is 5.01 Å². The summed E-state index contributed by atoms with van der Waals surface area (Å²) < 4.78 is 0. The van der Waals surface area contributed by atoms with E-state index in [0.717, 1.165) is 30.9 Å². The second-order valence-corrected chi connectivity index (χ2v) is 7.23. The van der Waals surface area contributed by atoms with Crippen molar-refractivity contribution in [2.75, 3.05) is 25.0 Å². The van der Waals surface area contributed by atoms with Gasteiger partial charge < -0.3 is 5.11 Å². The van der Waals surface area contributed by atoms with Crippen molar-refractivity contribution in [3.05, 3.63) is 5.01 Å². The Hall–Kier alpha value is -1.05. The molecule has 118 valence electrons. The summed E-state index contributed by atoms with van der Waals surface area (Å²) in [6.07, 6.45) is 1.53. The molecule has 0 aromatic carbocycles. The van der Waals surface area contributed by atoms with Crippen LogP contribution in [0.5, 0.6) is 0 Å². The molecule has 0 aliphatic carbocycles. The predicted octanol–water partition coefficient (Wildman–Crippen LogP) is 1.38. The Morgan fingerprint density at radius 1 is 1.48 bits per heavy atom. The molecule has 1 aliphatic rings. The molecule has 2 heterocycles. The molecular formula is C14H24N4O2S. The van der Waals surface area contributed by atoms with E-state index in [1.165, 1.54) is 11.3 Å². The topological polar surface area (TPSA) is 78.4 Å². The summed E-state index contributed by atoms with van der Waals surface area (Å²) in [6, 6.07) is 0. The number of nitrogens with one attached hydrogen (secondary N) is 1. The van der Waals surface area contributed by atoms with Gasteiger partial charge in [-0.25, -0.2) is 0 Å². The van der Waals surface area contributed by atoms with Gasteiger partial charge in [0.25, 0.3) is 0 Å². The van der Waals surface area contributed by atoms with Crippen molar-refractivity contribution in [2.24, 2.45) is 11.8 Å². The maximum Gasteiger partial charge on any atom is 0.240 e. The van der Waals surface area contributed by atoms with Crippen molar-refractivity contribution < 1.29 is 9.90 Å². The normalized spacial score (nSPS) is 20.9. The summed E-state index contributed by atoms with van der Waals surface area (Å²) in [5.41, 5.74) is 0. The SMILES string of the molecule is CC(C)Cc1nnc(NC(=O)CN2CCC(C(C)O)C2)s1. The van der Waals surface area contributed by atoms with Crippen LogP contribution in [0.15, 0.2) is 0 Å². The van der Waals surface area contributed by atoms with Gasteiger partial charge in [-0.3, -0.25) is 15.0 Å². The number of rotatable bonds is 6. The van der Waals surface area contributed by atoms with E-state index in [1.54, 1.807) is 0 Å². The van der Waals surface area contributed by atoms with Gasteiger partial charge in [0.2, 0.25) is 11.0 Å². The third-order valence-corrected chi connectivity index (χ3v) is 4.52. The van der Waals surface area contributed by atoms with Crippen LogP contribution in [0.2, 0.25) is 0 Å². The van der Waals surface area contributed by atoms with Gasteiger partial charge in [-0.2, -0.15) is 0 Å². The summed E-state index contributed by atoms with van der Waals surface area (Å²) >= 11 is 1.44. The summed E-state index contributed by atoms with van der Waals surface area (Å²) in [6.45, 7) is 8.06. The second kappa shape index (κ2) is 7.29. The molecule has 0 bridgehead atoms. The van der Waals surface area contributed by atoms with E-state index in [2.05, 4.69) is 34.3 Å². The number of carbonyl (C=O) groups excluding carboxylic acids is 1. The lowest BCUT2D eigenvalue weighted by molar-refractivity contribution is -0.117. The number of aromatic nitrogens is 2. The molecule has 0 spiro atoms. The second-order valence-electron chi connectivity index (χ2n) is 6.17. The Balaban J connectivity index is 1.78. The van der Waals surface area contributed by atoms with Gasteiger partial charge in [-0.1, -0.05) is 25.2 Å². The molecule has 21 heavy (non-hydrogen) atoms. The van der Waals surface area contributed by atoms with Gasteiger partial charge >= 0.3 is 0 Å². The smallest absolute Gasteiger partial charge is 0.240 e. The van der Waals surface area contributed by atoms with Crippen LogP contribution in [0.25, 0.3) is 0 Å². The van der Waals surface area contributed by atoms with Gasteiger partial charge in [-0.15, -0.1) is 10.2 Å². The lowest BCUT2D eigenvalue weighted by Crippen LogP contribution is -2.32. The van der Waals surface area contributed by atoms with Crippen LogP contribution in [-0.2, 0) is 11.2 Å². The number of hydrogen-bond acceptors (Lipinski definition) is 6. The summed E-state index contributed by atoms with van der Waals surface area (Å²) in [5.74, 6) is 0.744. The number of aliphatic hydroxyl groups is 1. The molecule has 6 nitrogen and oxygen atoms in total. The number of aliphatic hydroxyl groups excluding tert-OH is 1. The monoisotopic (exact) mass is 312 g/mol. The van der Waals surface area contributed by atoms with E-state index in [4.69, 9.17) is 0 Å². The Morgan fingerprint density at radius 2 is 2.24 bits per heavy atom. The largest absolute Gasteiger partial charge is 0.393 e. The molecule has 2 N–H and O–H groups in total. The van der Waals surface area contributed by atoms with Gasteiger partial charge in [-0.05, 0) is 31.7 Å². The minimum absolute atomic E-state index is 0.0616. The minimum Gasteiger partial charge on any atom is -0.393 e. The zero-order valence-corrected chi connectivity index (χ0v) is 13.7. The molecule has 1 fully saturated rings. The van der Waals surface area contributed by atoms with Crippen LogP contribution in [0.3, 0.4) is 0 Å². The highest BCUT2D eigenvalue weighted by molar-refractivity contribution is 7.15. The highest BCUT2D eigenvalue weighted by Crippen LogP contribution is 2.20. The van der Waals surface area contributed by atoms with E-state index in [9.17, 15) is 9.90 Å². The molecule has 1 aromatic heterocycles. The van der Waals surface area contributed by atoms with Crippen LogP contribution < -0.4 is 5.32 Å².